The van der Waals surface area contributed by atoms with E-state index in [4.69, 9.17) is 11.5 Å². The Labute approximate surface area is 202 Å². The molecule has 33 heavy (non-hydrogen) atoms. The summed E-state index contributed by atoms with van der Waals surface area (Å²) in [7, 11) is 0. The van der Waals surface area contributed by atoms with E-state index in [0.717, 1.165) is 25.7 Å². The minimum atomic E-state index is -0.323. The Kier molecular flexibility index (Phi) is 12.6. The maximum Gasteiger partial charge on any atom is 0.233 e. The van der Waals surface area contributed by atoms with Crippen molar-refractivity contribution < 1.29 is 14.4 Å². The van der Waals surface area contributed by atoms with Gasteiger partial charge in [-0.2, -0.15) is 0 Å². The van der Waals surface area contributed by atoms with Crippen molar-refractivity contribution in [3.63, 3.8) is 0 Å². The number of nitrogens with two attached hydrogens (primary N) is 2. The van der Waals surface area contributed by atoms with Gasteiger partial charge >= 0.3 is 0 Å². The molecule has 194 valence electrons. The quantitative estimate of drug-likeness (QED) is 0.290. The van der Waals surface area contributed by atoms with Gasteiger partial charge in [0.2, 0.25) is 17.7 Å². The van der Waals surface area contributed by atoms with Crippen LogP contribution in [-0.2, 0) is 14.4 Å². The zero-order valence-corrected chi connectivity index (χ0v) is 22.8. The van der Waals surface area contributed by atoms with E-state index in [-0.39, 0.29) is 58.3 Å². The SMILES string of the molecule is CC(CC(C(=O)NCCCCCNC(=O)CN)C(C)(C)C)C(C)(C)C(CC(C)(C)C)C(N)=O. The first-order chi connectivity index (χ1) is 14.9. The number of nitrogens with one attached hydrogen (secondary N) is 2. The van der Waals surface area contributed by atoms with Crippen molar-refractivity contribution in [1.29, 1.82) is 0 Å². The number of hydrogen-bond acceptors (Lipinski definition) is 4. The van der Waals surface area contributed by atoms with Gasteiger partial charge in [-0.1, -0.05) is 62.3 Å². The van der Waals surface area contributed by atoms with Crippen molar-refractivity contribution in [2.24, 2.45) is 45.5 Å². The summed E-state index contributed by atoms with van der Waals surface area (Å²) in [5.41, 5.74) is 10.6. The molecular formula is C26H52N4O3. The average molecular weight is 469 g/mol. The standard InChI is InChI=1S/C26H52N4O3/c1-18(26(8,9)20(22(28)32)16-24(2,3)4)15-19(25(5,6)7)23(33)30-14-12-10-11-13-29-21(31)17-27/h18-20H,10-17,27H2,1-9H3,(H2,28,32)(H,29,31)(H,30,33). The lowest BCUT2D eigenvalue weighted by atomic mass is 9.61. The Morgan fingerprint density at radius 1 is 0.818 bits per heavy atom. The smallest absolute Gasteiger partial charge is 0.233 e. The first-order valence-electron chi connectivity index (χ1n) is 12.5. The predicted octanol–water partition coefficient (Wildman–Crippen LogP) is 3.60. The van der Waals surface area contributed by atoms with Crippen molar-refractivity contribution >= 4 is 17.7 Å². The fraction of sp³-hybridized carbons (Fsp3) is 0.885. The fourth-order valence-electron chi connectivity index (χ4n) is 4.26. The maximum atomic E-state index is 13.1. The molecule has 0 radical (unpaired) electrons. The fourth-order valence-corrected chi connectivity index (χ4v) is 4.26. The maximum absolute atomic E-state index is 13.1. The molecule has 0 bridgehead atoms. The van der Waals surface area contributed by atoms with E-state index in [0.29, 0.717) is 19.5 Å². The van der Waals surface area contributed by atoms with E-state index in [1.165, 1.54) is 0 Å². The first-order valence-corrected chi connectivity index (χ1v) is 12.5. The Morgan fingerprint density at radius 2 is 1.33 bits per heavy atom. The molecule has 0 aromatic carbocycles. The predicted molar refractivity (Wildman–Crippen MR) is 136 cm³/mol. The van der Waals surface area contributed by atoms with Crippen molar-refractivity contribution in [3.8, 4) is 0 Å². The van der Waals surface area contributed by atoms with Crippen LogP contribution in [0.2, 0.25) is 0 Å². The van der Waals surface area contributed by atoms with Gasteiger partial charge in [0.15, 0.2) is 0 Å². The summed E-state index contributed by atoms with van der Waals surface area (Å²) in [5.74, 6) is -0.628. The molecule has 3 amide bonds. The summed E-state index contributed by atoms with van der Waals surface area (Å²) in [5, 5.41) is 5.86. The molecule has 3 atom stereocenters. The number of rotatable bonds is 14. The Morgan fingerprint density at radius 3 is 1.76 bits per heavy atom. The molecule has 0 aromatic rings. The number of carbonyl (C=O) groups is 3. The molecule has 0 aliphatic rings. The molecule has 0 spiro atoms. The highest BCUT2D eigenvalue weighted by atomic mass is 16.2. The summed E-state index contributed by atoms with van der Waals surface area (Å²) in [6.07, 6.45) is 4.05. The second-order valence-corrected chi connectivity index (χ2v) is 12.5. The van der Waals surface area contributed by atoms with Gasteiger partial charge < -0.3 is 22.1 Å². The lowest BCUT2D eigenvalue weighted by Crippen LogP contribution is -2.45. The van der Waals surface area contributed by atoms with Gasteiger partial charge in [0, 0.05) is 24.9 Å². The number of hydrogen-bond donors (Lipinski definition) is 4. The molecule has 0 rings (SSSR count). The van der Waals surface area contributed by atoms with Crippen LogP contribution in [-0.4, -0.2) is 37.4 Å². The van der Waals surface area contributed by atoms with Gasteiger partial charge in [-0.15, -0.1) is 0 Å². The highest BCUT2D eigenvalue weighted by molar-refractivity contribution is 5.79. The van der Waals surface area contributed by atoms with E-state index in [1.54, 1.807) is 0 Å². The van der Waals surface area contributed by atoms with Crippen molar-refractivity contribution in [3.05, 3.63) is 0 Å². The summed E-state index contributed by atoms with van der Waals surface area (Å²) in [6.45, 7) is 20.3. The number of unbranched alkanes of at least 4 members (excludes halogenated alkanes) is 2. The third-order valence-electron chi connectivity index (χ3n) is 6.94. The normalized spacial score (nSPS) is 15.5. The highest BCUT2D eigenvalue weighted by Gasteiger charge is 2.43. The third kappa shape index (κ3) is 11.9. The molecule has 6 N–H and O–H groups in total. The molecule has 0 saturated heterocycles. The lowest BCUT2D eigenvalue weighted by molar-refractivity contribution is -0.131. The van der Waals surface area contributed by atoms with Crippen LogP contribution in [0.15, 0.2) is 0 Å². The van der Waals surface area contributed by atoms with Crippen LogP contribution in [0.4, 0.5) is 0 Å². The minimum Gasteiger partial charge on any atom is -0.369 e. The van der Waals surface area contributed by atoms with Crippen LogP contribution in [0, 0.1) is 34.0 Å². The van der Waals surface area contributed by atoms with Crippen LogP contribution in [0.25, 0.3) is 0 Å². The van der Waals surface area contributed by atoms with Crippen LogP contribution in [0.3, 0.4) is 0 Å². The zero-order valence-electron chi connectivity index (χ0n) is 22.8. The number of carbonyl (C=O) groups excluding carboxylic acids is 3. The molecule has 0 aliphatic heterocycles. The summed E-state index contributed by atoms with van der Waals surface area (Å²) >= 11 is 0. The van der Waals surface area contributed by atoms with E-state index in [2.05, 4.69) is 72.9 Å². The lowest BCUT2D eigenvalue weighted by Gasteiger charge is -2.43. The molecule has 7 heteroatoms. The van der Waals surface area contributed by atoms with E-state index in [1.807, 2.05) is 0 Å². The second-order valence-electron chi connectivity index (χ2n) is 12.5. The molecule has 0 aliphatic carbocycles. The van der Waals surface area contributed by atoms with Gasteiger partial charge in [0.25, 0.3) is 0 Å². The molecule has 0 aromatic heterocycles. The van der Waals surface area contributed by atoms with Crippen LogP contribution >= 0.6 is 0 Å². The number of amides is 3. The zero-order chi connectivity index (χ0) is 26.0. The monoisotopic (exact) mass is 468 g/mol. The van der Waals surface area contributed by atoms with Crippen molar-refractivity contribution in [1.82, 2.24) is 10.6 Å². The van der Waals surface area contributed by atoms with Crippen LogP contribution in [0.5, 0.6) is 0 Å². The largest absolute Gasteiger partial charge is 0.369 e. The molecule has 0 fully saturated rings. The Bertz CT molecular complexity index is 632. The molecule has 0 heterocycles. The summed E-state index contributed by atoms with van der Waals surface area (Å²) < 4.78 is 0. The first kappa shape index (κ1) is 31.4. The average Bonchev–Trinajstić information content (AvgIpc) is 2.66. The topological polar surface area (TPSA) is 127 Å². The Balaban J connectivity index is 5.02. The van der Waals surface area contributed by atoms with Gasteiger partial charge in [-0.05, 0) is 54.3 Å². The summed E-state index contributed by atoms with van der Waals surface area (Å²) in [4.78, 5) is 36.6. The van der Waals surface area contributed by atoms with Gasteiger partial charge in [0.1, 0.15) is 0 Å². The molecule has 7 nitrogen and oxygen atoms in total. The van der Waals surface area contributed by atoms with E-state index < -0.39 is 0 Å². The number of primary amides is 1. The molecule has 0 saturated carbocycles. The van der Waals surface area contributed by atoms with Crippen LogP contribution < -0.4 is 22.1 Å². The third-order valence-corrected chi connectivity index (χ3v) is 6.94. The van der Waals surface area contributed by atoms with Crippen LogP contribution in [0.1, 0.15) is 94.4 Å². The Hall–Kier alpha value is -1.63. The van der Waals surface area contributed by atoms with Gasteiger partial charge in [0.05, 0.1) is 6.54 Å². The molecule has 3 unspecified atom stereocenters. The minimum absolute atomic E-state index is 0.00931. The van der Waals surface area contributed by atoms with Gasteiger partial charge in [-0.3, -0.25) is 14.4 Å². The van der Waals surface area contributed by atoms with Gasteiger partial charge in [-0.25, -0.2) is 0 Å². The van der Waals surface area contributed by atoms with Crippen molar-refractivity contribution in [2.45, 2.75) is 94.4 Å². The van der Waals surface area contributed by atoms with E-state index >= 15 is 0 Å². The van der Waals surface area contributed by atoms with Crippen molar-refractivity contribution in [2.75, 3.05) is 19.6 Å². The highest BCUT2D eigenvalue weighted by Crippen LogP contribution is 2.45. The molecular weight excluding hydrogens is 416 g/mol. The second kappa shape index (κ2) is 13.3. The summed E-state index contributed by atoms with van der Waals surface area (Å²) in [6, 6.07) is 0. The van der Waals surface area contributed by atoms with E-state index in [9.17, 15) is 14.4 Å².